The molecule has 0 radical (unpaired) electrons. The van der Waals surface area contributed by atoms with Gasteiger partial charge in [0.2, 0.25) is 0 Å². The lowest BCUT2D eigenvalue weighted by molar-refractivity contribution is -0.0913. The van der Waals surface area contributed by atoms with E-state index < -0.39 is 12.4 Å². The molecule has 1 rings (SSSR count). The van der Waals surface area contributed by atoms with Gasteiger partial charge in [0.1, 0.15) is 12.4 Å². The molecule has 0 heterocycles. The molecule has 0 fully saturated rings. The van der Waals surface area contributed by atoms with Crippen LogP contribution < -0.4 is 4.74 Å². The Labute approximate surface area is 95.4 Å². The normalized spacial score (nSPS) is 14.5. The molecule has 0 aromatic heterocycles. The van der Waals surface area contributed by atoms with Crippen LogP contribution in [0.2, 0.25) is 0 Å². The van der Waals surface area contributed by atoms with Crippen LogP contribution in [-0.4, -0.2) is 29.7 Å². The smallest absolute Gasteiger partial charge is 0.151 e. The first-order valence-electron chi connectivity index (χ1n) is 5.30. The Morgan fingerprint density at radius 1 is 1.06 bits per heavy atom. The predicted molar refractivity (Wildman–Crippen MR) is 60.2 cm³/mol. The molecule has 4 heteroatoms. The highest BCUT2D eigenvalue weighted by Crippen LogP contribution is 2.16. The average molecular weight is 226 g/mol. The van der Waals surface area contributed by atoms with Crippen LogP contribution in [0.4, 0.5) is 0 Å². The van der Waals surface area contributed by atoms with Crippen LogP contribution >= 0.6 is 0 Å². The van der Waals surface area contributed by atoms with E-state index in [2.05, 4.69) is 0 Å². The summed E-state index contributed by atoms with van der Waals surface area (Å²) in [5, 5.41) is 18.1. The Morgan fingerprint density at radius 2 is 1.69 bits per heavy atom. The van der Waals surface area contributed by atoms with Gasteiger partial charge in [0.25, 0.3) is 0 Å². The molecule has 16 heavy (non-hydrogen) atoms. The van der Waals surface area contributed by atoms with Gasteiger partial charge in [-0.05, 0) is 31.5 Å². The van der Waals surface area contributed by atoms with Gasteiger partial charge >= 0.3 is 0 Å². The summed E-state index contributed by atoms with van der Waals surface area (Å²) in [6, 6.07) is 7.22. The van der Waals surface area contributed by atoms with E-state index in [1.165, 1.54) is 0 Å². The van der Waals surface area contributed by atoms with E-state index in [9.17, 15) is 5.11 Å². The molecule has 2 unspecified atom stereocenters. The molecular weight excluding hydrogens is 208 g/mol. The summed E-state index contributed by atoms with van der Waals surface area (Å²) in [5.41, 5.74) is 0.854. The number of rotatable bonds is 6. The van der Waals surface area contributed by atoms with Gasteiger partial charge in [-0.25, -0.2) is 0 Å². The molecule has 0 amide bonds. The van der Waals surface area contributed by atoms with Crippen molar-refractivity contribution in [2.24, 2.45) is 0 Å². The third-order valence-corrected chi connectivity index (χ3v) is 2.07. The quantitative estimate of drug-likeness (QED) is 0.569. The Morgan fingerprint density at radius 3 is 2.19 bits per heavy atom. The maximum Gasteiger partial charge on any atom is 0.151 e. The summed E-state index contributed by atoms with van der Waals surface area (Å²) in [5.74, 6) is 0.721. The summed E-state index contributed by atoms with van der Waals surface area (Å²) in [6.07, 6.45) is -1.23. The maximum absolute atomic E-state index is 9.30. The van der Waals surface area contributed by atoms with Gasteiger partial charge in [0, 0.05) is 0 Å². The minimum Gasteiger partial charge on any atom is -0.491 e. The van der Waals surface area contributed by atoms with Gasteiger partial charge < -0.3 is 19.7 Å². The molecule has 2 atom stereocenters. The highest BCUT2D eigenvalue weighted by atomic mass is 16.6. The van der Waals surface area contributed by atoms with Gasteiger partial charge in [-0.2, -0.15) is 0 Å². The third-order valence-electron chi connectivity index (χ3n) is 2.07. The third kappa shape index (κ3) is 4.61. The lowest BCUT2D eigenvalue weighted by atomic mass is 10.1. The molecule has 1 aromatic rings. The zero-order valence-electron chi connectivity index (χ0n) is 9.59. The lowest BCUT2D eigenvalue weighted by Gasteiger charge is -2.09. The molecule has 2 N–H and O–H groups in total. The van der Waals surface area contributed by atoms with E-state index in [1.807, 2.05) is 12.1 Å². The molecule has 0 saturated carbocycles. The van der Waals surface area contributed by atoms with E-state index in [1.54, 1.807) is 26.0 Å². The van der Waals surface area contributed by atoms with Crippen molar-refractivity contribution in [3.63, 3.8) is 0 Å². The van der Waals surface area contributed by atoms with Gasteiger partial charge in [-0.3, -0.25) is 0 Å². The lowest BCUT2D eigenvalue weighted by Crippen LogP contribution is -2.13. The molecule has 90 valence electrons. The van der Waals surface area contributed by atoms with Crippen molar-refractivity contribution < 1.29 is 19.7 Å². The van der Waals surface area contributed by atoms with Crippen LogP contribution in [0.3, 0.4) is 0 Å². The monoisotopic (exact) mass is 226 g/mol. The van der Waals surface area contributed by atoms with Gasteiger partial charge in [-0.1, -0.05) is 12.1 Å². The highest BCUT2D eigenvalue weighted by molar-refractivity contribution is 5.28. The van der Waals surface area contributed by atoms with E-state index in [-0.39, 0.29) is 0 Å². The highest BCUT2D eigenvalue weighted by Gasteiger charge is 2.01. The van der Waals surface area contributed by atoms with E-state index in [4.69, 9.17) is 14.6 Å². The first-order chi connectivity index (χ1) is 7.59. The maximum atomic E-state index is 9.30. The average Bonchev–Trinajstić information content (AvgIpc) is 2.25. The molecule has 4 nitrogen and oxygen atoms in total. The first kappa shape index (κ1) is 13.0. The van der Waals surface area contributed by atoms with Crippen LogP contribution in [-0.2, 0) is 4.74 Å². The molecule has 0 spiro atoms. The van der Waals surface area contributed by atoms with Gasteiger partial charge in [0.05, 0.1) is 12.7 Å². The van der Waals surface area contributed by atoms with Crippen molar-refractivity contribution in [3.8, 4) is 5.75 Å². The first-order valence-corrected chi connectivity index (χ1v) is 5.30. The zero-order chi connectivity index (χ0) is 12.0. The molecule has 0 aliphatic carbocycles. The van der Waals surface area contributed by atoms with Crippen LogP contribution in [0, 0.1) is 0 Å². The molecule has 0 saturated heterocycles. The Balaban J connectivity index is 2.32. The largest absolute Gasteiger partial charge is 0.491 e. The van der Waals surface area contributed by atoms with Crippen LogP contribution in [0.1, 0.15) is 25.5 Å². The summed E-state index contributed by atoms with van der Waals surface area (Å²) in [4.78, 5) is 0. The summed E-state index contributed by atoms with van der Waals surface area (Å²) in [6.45, 7) is 4.00. The zero-order valence-corrected chi connectivity index (χ0v) is 9.59. The summed E-state index contributed by atoms with van der Waals surface area (Å²) < 4.78 is 10.3. The molecule has 0 bridgehead atoms. The molecule has 0 aliphatic heterocycles. The standard InChI is InChI=1S/C12H18O4/c1-9(13)11-3-5-12(6-4-11)16-8-7-15-10(2)14/h3-6,9-10,13-14H,7-8H2,1-2H3. The van der Waals surface area contributed by atoms with Gasteiger partial charge in [0.15, 0.2) is 6.29 Å². The Hall–Kier alpha value is -1.10. The second-order valence-electron chi connectivity index (χ2n) is 3.56. The topological polar surface area (TPSA) is 58.9 Å². The predicted octanol–water partition coefficient (Wildman–Crippen LogP) is 1.47. The second-order valence-corrected chi connectivity index (χ2v) is 3.56. The van der Waals surface area contributed by atoms with Crippen LogP contribution in [0.5, 0.6) is 5.75 Å². The van der Waals surface area contributed by atoms with Gasteiger partial charge in [-0.15, -0.1) is 0 Å². The van der Waals surface area contributed by atoms with Crippen molar-refractivity contribution in [1.29, 1.82) is 0 Å². The fraction of sp³-hybridized carbons (Fsp3) is 0.500. The number of ether oxygens (including phenoxy) is 2. The summed E-state index contributed by atoms with van der Waals surface area (Å²) >= 11 is 0. The van der Waals surface area contributed by atoms with E-state index in [0.29, 0.717) is 13.2 Å². The number of aliphatic hydroxyl groups is 2. The van der Waals surface area contributed by atoms with Crippen LogP contribution in [0.15, 0.2) is 24.3 Å². The van der Waals surface area contributed by atoms with Crippen molar-refractivity contribution >= 4 is 0 Å². The SMILES string of the molecule is CC(O)OCCOc1ccc(C(C)O)cc1. The Bertz CT molecular complexity index is 292. The molecule has 1 aromatic carbocycles. The van der Waals surface area contributed by atoms with Crippen molar-refractivity contribution in [3.05, 3.63) is 29.8 Å². The Kier molecular flexibility index (Phi) is 5.25. The fourth-order valence-corrected chi connectivity index (χ4v) is 1.22. The number of hydrogen-bond donors (Lipinski definition) is 2. The van der Waals surface area contributed by atoms with Crippen molar-refractivity contribution in [1.82, 2.24) is 0 Å². The second kappa shape index (κ2) is 6.48. The van der Waals surface area contributed by atoms with Crippen LogP contribution in [0.25, 0.3) is 0 Å². The molecular formula is C12H18O4. The number of hydrogen-bond acceptors (Lipinski definition) is 4. The van der Waals surface area contributed by atoms with Crippen molar-refractivity contribution in [2.45, 2.75) is 26.2 Å². The van der Waals surface area contributed by atoms with E-state index >= 15 is 0 Å². The molecule has 0 aliphatic rings. The minimum atomic E-state index is -0.763. The van der Waals surface area contributed by atoms with Crippen molar-refractivity contribution in [2.75, 3.05) is 13.2 Å². The summed E-state index contributed by atoms with van der Waals surface area (Å²) in [7, 11) is 0. The fourth-order valence-electron chi connectivity index (χ4n) is 1.22. The van der Waals surface area contributed by atoms with E-state index in [0.717, 1.165) is 11.3 Å². The number of benzene rings is 1. The minimum absolute atomic E-state index is 0.343. The number of aliphatic hydroxyl groups excluding tert-OH is 2.